The second-order valence-electron chi connectivity index (χ2n) is 9.66. The zero-order chi connectivity index (χ0) is 25.2. The Kier molecular flexibility index (Phi) is 6.77. The number of nitrogens with zero attached hydrogens (tertiary/aromatic N) is 6. The molecular weight excluding hydrogens is 456 g/mol. The minimum atomic E-state index is 0.220. The summed E-state index contributed by atoms with van der Waals surface area (Å²) in [5.74, 6) is 2.69. The molecule has 0 spiro atoms. The van der Waals surface area contributed by atoms with Gasteiger partial charge in [0.15, 0.2) is 0 Å². The first kappa shape index (κ1) is 24.1. The third-order valence-electron chi connectivity index (χ3n) is 6.77. The molecular formula is C26H34N8O2. The molecule has 1 saturated heterocycles. The number of likely N-dealkylation sites (N-methyl/N-ethyl adjacent to an activating group) is 1. The van der Waals surface area contributed by atoms with Crippen LogP contribution in [0.2, 0.25) is 0 Å². The van der Waals surface area contributed by atoms with E-state index in [1.165, 1.54) is 5.56 Å². The zero-order valence-corrected chi connectivity index (χ0v) is 21.4. The van der Waals surface area contributed by atoms with E-state index in [1.54, 1.807) is 7.11 Å². The van der Waals surface area contributed by atoms with Crippen LogP contribution in [0.1, 0.15) is 30.3 Å². The lowest BCUT2D eigenvalue weighted by Crippen LogP contribution is -2.52. The van der Waals surface area contributed by atoms with E-state index < -0.39 is 0 Å². The van der Waals surface area contributed by atoms with Crippen LogP contribution < -0.4 is 15.4 Å². The van der Waals surface area contributed by atoms with Gasteiger partial charge in [-0.15, -0.1) is 0 Å². The first-order chi connectivity index (χ1) is 17.4. The van der Waals surface area contributed by atoms with Gasteiger partial charge in [0.25, 0.3) is 0 Å². The van der Waals surface area contributed by atoms with Gasteiger partial charge in [-0.2, -0.15) is 10.1 Å². The van der Waals surface area contributed by atoms with Crippen LogP contribution in [0.25, 0.3) is 5.69 Å². The van der Waals surface area contributed by atoms with Crippen molar-refractivity contribution in [1.29, 1.82) is 0 Å². The lowest BCUT2D eigenvalue weighted by atomic mass is 10.00. The molecule has 190 valence electrons. The second kappa shape index (κ2) is 10.1. The smallest absolute Gasteiger partial charge is 0.229 e. The maximum absolute atomic E-state index is 11.8. The Balaban J connectivity index is 1.29. The number of aromatic nitrogens is 4. The van der Waals surface area contributed by atoms with Gasteiger partial charge < -0.3 is 25.2 Å². The summed E-state index contributed by atoms with van der Waals surface area (Å²) in [7, 11) is 3.80. The Morgan fingerprint density at radius 3 is 2.83 bits per heavy atom. The molecule has 5 rings (SSSR count). The number of aryl methyl sites for hydroxylation is 1. The minimum Gasteiger partial charge on any atom is -0.494 e. The number of carbonyl (C=O) groups is 1. The molecule has 1 fully saturated rings. The fourth-order valence-electron chi connectivity index (χ4n) is 4.74. The number of hydrogen-bond acceptors (Lipinski definition) is 8. The fourth-order valence-corrected chi connectivity index (χ4v) is 4.74. The highest BCUT2D eigenvalue weighted by Gasteiger charge is 2.29. The SMILES string of the molecule is CCC(=O)N1CC(CNc2cc(C)nc(Nc3ccc(OC)c(-n4cc5c(n4)CCN(C)C5)c3)n2)C1. The summed E-state index contributed by atoms with van der Waals surface area (Å²) < 4.78 is 7.54. The number of nitrogens with one attached hydrogen (secondary N) is 2. The van der Waals surface area contributed by atoms with Gasteiger partial charge in [-0.3, -0.25) is 4.79 Å². The van der Waals surface area contributed by atoms with Gasteiger partial charge in [-0.1, -0.05) is 6.92 Å². The largest absolute Gasteiger partial charge is 0.494 e. The highest BCUT2D eigenvalue weighted by atomic mass is 16.5. The maximum Gasteiger partial charge on any atom is 0.229 e. The van der Waals surface area contributed by atoms with E-state index >= 15 is 0 Å². The molecule has 10 heteroatoms. The van der Waals surface area contributed by atoms with E-state index in [4.69, 9.17) is 9.84 Å². The number of fused-ring (bicyclic) bond motifs is 1. The molecule has 0 radical (unpaired) electrons. The lowest BCUT2D eigenvalue weighted by molar-refractivity contribution is -0.136. The molecule has 10 nitrogen and oxygen atoms in total. The summed E-state index contributed by atoms with van der Waals surface area (Å²) in [6.45, 7) is 8.14. The molecule has 0 unspecified atom stereocenters. The number of ether oxygens (including phenoxy) is 1. The number of anilines is 3. The molecule has 0 bridgehead atoms. The Labute approximate surface area is 211 Å². The highest BCUT2D eigenvalue weighted by Crippen LogP contribution is 2.29. The Bertz CT molecular complexity index is 1250. The number of benzene rings is 1. The van der Waals surface area contributed by atoms with E-state index in [1.807, 2.05) is 47.7 Å². The molecule has 3 aromatic rings. The van der Waals surface area contributed by atoms with Crippen molar-refractivity contribution in [1.82, 2.24) is 29.5 Å². The van der Waals surface area contributed by atoms with Crippen molar-refractivity contribution in [2.24, 2.45) is 5.92 Å². The van der Waals surface area contributed by atoms with Crippen LogP contribution in [-0.2, 0) is 17.8 Å². The molecule has 2 aliphatic heterocycles. The average Bonchev–Trinajstić information content (AvgIpc) is 3.25. The van der Waals surface area contributed by atoms with Gasteiger partial charge in [-0.05, 0) is 32.2 Å². The van der Waals surface area contributed by atoms with Crippen molar-refractivity contribution in [3.63, 3.8) is 0 Å². The molecule has 2 N–H and O–H groups in total. The van der Waals surface area contributed by atoms with Crippen LogP contribution in [0, 0.1) is 12.8 Å². The third kappa shape index (κ3) is 5.13. The number of rotatable bonds is 8. The third-order valence-corrected chi connectivity index (χ3v) is 6.77. The van der Waals surface area contributed by atoms with Gasteiger partial charge in [-0.25, -0.2) is 9.67 Å². The van der Waals surface area contributed by atoms with Gasteiger partial charge in [0.2, 0.25) is 11.9 Å². The van der Waals surface area contributed by atoms with E-state index in [-0.39, 0.29) is 5.91 Å². The Morgan fingerprint density at radius 2 is 2.06 bits per heavy atom. The summed E-state index contributed by atoms with van der Waals surface area (Å²) in [6.07, 6.45) is 3.60. The van der Waals surface area contributed by atoms with Crippen LogP contribution in [0.4, 0.5) is 17.5 Å². The van der Waals surface area contributed by atoms with Crippen molar-refractivity contribution in [3.05, 3.63) is 47.4 Å². The molecule has 0 aliphatic carbocycles. The van der Waals surface area contributed by atoms with Gasteiger partial charge in [0, 0.05) is 80.7 Å². The number of hydrogen-bond donors (Lipinski definition) is 2. The fraction of sp³-hybridized carbons (Fsp3) is 0.462. The maximum atomic E-state index is 11.8. The van der Waals surface area contributed by atoms with E-state index in [2.05, 4.69) is 38.7 Å². The van der Waals surface area contributed by atoms with Crippen LogP contribution >= 0.6 is 0 Å². The van der Waals surface area contributed by atoms with Gasteiger partial charge >= 0.3 is 0 Å². The minimum absolute atomic E-state index is 0.220. The number of carbonyl (C=O) groups excluding carboxylic acids is 1. The topological polar surface area (TPSA) is 100 Å². The summed E-state index contributed by atoms with van der Waals surface area (Å²) in [5.41, 5.74) is 4.96. The number of methoxy groups -OCH3 is 1. The van der Waals surface area contributed by atoms with Crippen LogP contribution in [-0.4, -0.2) is 75.8 Å². The predicted octanol–water partition coefficient (Wildman–Crippen LogP) is 2.99. The van der Waals surface area contributed by atoms with E-state index in [0.29, 0.717) is 18.3 Å². The first-order valence-corrected chi connectivity index (χ1v) is 12.5. The quantitative estimate of drug-likeness (QED) is 0.497. The second-order valence-corrected chi connectivity index (χ2v) is 9.66. The van der Waals surface area contributed by atoms with Crippen molar-refractivity contribution < 1.29 is 9.53 Å². The summed E-state index contributed by atoms with van der Waals surface area (Å²) >= 11 is 0. The van der Waals surface area contributed by atoms with Crippen molar-refractivity contribution in [3.8, 4) is 11.4 Å². The normalized spacial score (nSPS) is 15.8. The molecule has 2 aliphatic rings. The highest BCUT2D eigenvalue weighted by molar-refractivity contribution is 5.76. The molecule has 1 aromatic carbocycles. The molecule has 0 saturated carbocycles. The van der Waals surface area contributed by atoms with Gasteiger partial charge in [0.1, 0.15) is 17.3 Å². The Hall–Kier alpha value is -3.66. The zero-order valence-electron chi connectivity index (χ0n) is 21.4. The predicted molar refractivity (Wildman–Crippen MR) is 139 cm³/mol. The van der Waals surface area contributed by atoms with Crippen molar-refractivity contribution in [2.45, 2.75) is 33.2 Å². The summed E-state index contributed by atoms with van der Waals surface area (Å²) in [4.78, 5) is 25.2. The summed E-state index contributed by atoms with van der Waals surface area (Å²) in [5, 5.41) is 11.6. The van der Waals surface area contributed by atoms with Gasteiger partial charge in [0.05, 0.1) is 12.8 Å². The van der Waals surface area contributed by atoms with E-state index in [0.717, 1.165) is 73.5 Å². The van der Waals surface area contributed by atoms with Crippen LogP contribution in [0.15, 0.2) is 30.5 Å². The number of amides is 1. The molecule has 0 atom stereocenters. The standard InChI is InChI=1S/C26H34N8O2/c1-5-25(35)33-13-18(14-33)12-27-24-10-17(2)28-26(30-24)29-20-6-7-23(36-4)22(11-20)34-16-19-15-32(3)9-8-21(19)31-34/h6-7,10-11,16,18H,5,8-9,12-15H2,1-4H3,(H2,27,28,29,30). The molecule has 2 aromatic heterocycles. The van der Waals surface area contributed by atoms with Crippen LogP contribution in [0.5, 0.6) is 5.75 Å². The average molecular weight is 491 g/mol. The van der Waals surface area contributed by atoms with Crippen molar-refractivity contribution >= 4 is 23.4 Å². The Morgan fingerprint density at radius 1 is 1.22 bits per heavy atom. The van der Waals surface area contributed by atoms with E-state index in [9.17, 15) is 4.79 Å². The molecule has 36 heavy (non-hydrogen) atoms. The molecule has 4 heterocycles. The lowest BCUT2D eigenvalue weighted by Gasteiger charge is -2.39. The molecule has 1 amide bonds. The monoisotopic (exact) mass is 490 g/mol. The first-order valence-electron chi connectivity index (χ1n) is 12.5. The number of likely N-dealkylation sites (tertiary alicyclic amines) is 1. The summed E-state index contributed by atoms with van der Waals surface area (Å²) in [6, 6.07) is 7.82. The van der Waals surface area contributed by atoms with Crippen molar-refractivity contribution in [2.75, 3.05) is 51.0 Å². The van der Waals surface area contributed by atoms with Crippen LogP contribution in [0.3, 0.4) is 0 Å².